The van der Waals surface area contributed by atoms with Crippen molar-refractivity contribution in [2.45, 2.75) is 24.8 Å². The van der Waals surface area contributed by atoms with Gasteiger partial charge in [-0.05, 0) is 54.8 Å². The van der Waals surface area contributed by atoms with Crippen molar-refractivity contribution in [1.29, 1.82) is 0 Å². The number of carbonyl (C=O) groups is 3. The van der Waals surface area contributed by atoms with Gasteiger partial charge in [0.1, 0.15) is 5.54 Å². The first-order valence-corrected chi connectivity index (χ1v) is 10.9. The molecule has 2 aromatic rings. The molecule has 2 aromatic carbocycles. The van der Waals surface area contributed by atoms with E-state index in [1.807, 2.05) is 0 Å². The van der Waals surface area contributed by atoms with E-state index in [1.165, 1.54) is 4.90 Å². The van der Waals surface area contributed by atoms with E-state index in [2.05, 4.69) is 5.32 Å². The molecule has 2 aliphatic rings. The van der Waals surface area contributed by atoms with Gasteiger partial charge in [0.2, 0.25) is 5.91 Å². The van der Waals surface area contributed by atoms with E-state index in [4.69, 9.17) is 22.1 Å². The molecule has 0 spiro atoms. The van der Waals surface area contributed by atoms with Crippen LogP contribution in [0.25, 0.3) is 0 Å². The highest BCUT2D eigenvalue weighted by Crippen LogP contribution is 2.40. The molecule has 0 saturated carbocycles. The van der Waals surface area contributed by atoms with Gasteiger partial charge >= 0.3 is 6.03 Å². The first-order chi connectivity index (χ1) is 15.4. The number of carbonyl (C=O) groups excluding carboxylic acids is 3. The van der Waals surface area contributed by atoms with Crippen LogP contribution in [0.4, 0.5) is 16.2 Å². The molecule has 32 heavy (non-hydrogen) atoms. The number of anilines is 2. The van der Waals surface area contributed by atoms with Gasteiger partial charge in [0.15, 0.2) is 0 Å². The molecule has 0 radical (unpaired) electrons. The highest BCUT2D eigenvalue weighted by atomic mass is 35.5. The quantitative estimate of drug-likeness (QED) is 0.737. The second kappa shape index (κ2) is 9.18. The van der Waals surface area contributed by atoms with Crippen LogP contribution in [0.1, 0.15) is 24.8 Å². The van der Waals surface area contributed by atoms with Gasteiger partial charge in [-0.25, -0.2) is 4.79 Å². The van der Waals surface area contributed by atoms with Gasteiger partial charge in [0, 0.05) is 29.5 Å². The Labute approximate surface area is 191 Å². The van der Waals surface area contributed by atoms with Crippen molar-refractivity contribution >= 4 is 40.8 Å². The fraction of sp³-hybridized carbons (Fsp3) is 0.348. The normalized spacial score (nSPS) is 21.3. The summed E-state index contributed by atoms with van der Waals surface area (Å²) < 4.78 is 5.37. The predicted molar refractivity (Wildman–Crippen MR) is 122 cm³/mol. The number of amides is 4. The zero-order chi connectivity index (χ0) is 22.7. The third-order valence-electron chi connectivity index (χ3n) is 6.00. The SMILES string of the molecule is NC(=O)N1CCC[C@]1(C(=O)Nc1ccc(N2CCOCCC2=O)cc1)c1ccc(Cl)cc1. The van der Waals surface area contributed by atoms with Gasteiger partial charge in [0.05, 0.1) is 19.6 Å². The maximum absolute atomic E-state index is 13.5. The number of likely N-dealkylation sites (tertiary alicyclic amines) is 1. The summed E-state index contributed by atoms with van der Waals surface area (Å²) >= 11 is 6.03. The molecule has 0 unspecified atom stereocenters. The van der Waals surface area contributed by atoms with Crippen LogP contribution in [-0.4, -0.2) is 49.0 Å². The van der Waals surface area contributed by atoms with Crippen LogP contribution in [0.5, 0.6) is 0 Å². The predicted octanol–water partition coefficient (Wildman–Crippen LogP) is 3.10. The van der Waals surface area contributed by atoms with Crippen molar-refractivity contribution in [3.63, 3.8) is 0 Å². The Kier molecular flexibility index (Phi) is 6.34. The second-order valence-corrected chi connectivity index (χ2v) is 8.31. The first-order valence-electron chi connectivity index (χ1n) is 10.5. The molecule has 2 fully saturated rings. The summed E-state index contributed by atoms with van der Waals surface area (Å²) in [5.74, 6) is -0.341. The van der Waals surface area contributed by atoms with Gasteiger partial charge in [-0.2, -0.15) is 0 Å². The zero-order valence-corrected chi connectivity index (χ0v) is 18.3. The molecule has 2 saturated heterocycles. The van der Waals surface area contributed by atoms with Gasteiger partial charge in [-0.15, -0.1) is 0 Å². The molecule has 3 N–H and O–H groups in total. The average Bonchev–Trinajstić information content (AvgIpc) is 3.13. The summed E-state index contributed by atoms with van der Waals surface area (Å²) in [6, 6.07) is 13.3. The minimum absolute atomic E-state index is 0.00373. The van der Waals surface area contributed by atoms with Gasteiger partial charge in [-0.3, -0.25) is 9.59 Å². The molecule has 0 aliphatic carbocycles. The van der Waals surface area contributed by atoms with Gasteiger partial charge < -0.3 is 25.6 Å². The molecule has 168 valence electrons. The number of hydrogen-bond donors (Lipinski definition) is 2. The molecule has 4 rings (SSSR count). The number of nitrogens with one attached hydrogen (secondary N) is 1. The Bertz CT molecular complexity index is 1010. The van der Waals surface area contributed by atoms with Crippen LogP contribution >= 0.6 is 11.6 Å². The maximum Gasteiger partial charge on any atom is 0.315 e. The van der Waals surface area contributed by atoms with Gasteiger partial charge in [0.25, 0.3) is 5.91 Å². The van der Waals surface area contributed by atoms with Crippen LogP contribution in [-0.2, 0) is 19.9 Å². The lowest BCUT2D eigenvalue weighted by molar-refractivity contribution is -0.125. The summed E-state index contributed by atoms with van der Waals surface area (Å²) in [6.45, 7) is 1.78. The van der Waals surface area contributed by atoms with Gasteiger partial charge in [-0.1, -0.05) is 23.7 Å². The summed E-state index contributed by atoms with van der Waals surface area (Å²) in [7, 11) is 0. The molecular formula is C23H25ClN4O4. The van der Waals surface area contributed by atoms with E-state index in [1.54, 1.807) is 53.4 Å². The van der Waals surface area contributed by atoms with Crippen LogP contribution < -0.4 is 16.0 Å². The number of hydrogen-bond acceptors (Lipinski definition) is 4. The third-order valence-corrected chi connectivity index (χ3v) is 6.25. The van der Waals surface area contributed by atoms with Crippen molar-refractivity contribution in [1.82, 2.24) is 4.90 Å². The fourth-order valence-electron chi connectivity index (χ4n) is 4.42. The highest BCUT2D eigenvalue weighted by Gasteiger charge is 2.50. The summed E-state index contributed by atoms with van der Waals surface area (Å²) in [5, 5.41) is 3.47. The number of nitrogens with two attached hydrogens (primary N) is 1. The van der Waals surface area contributed by atoms with Crippen molar-refractivity contribution in [2.75, 3.05) is 36.5 Å². The Hall–Kier alpha value is -3.10. The molecule has 2 heterocycles. The van der Waals surface area contributed by atoms with Crippen molar-refractivity contribution in [3.05, 3.63) is 59.1 Å². The summed E-state index contributed by atoms with van der Waals surface area (Å²) in [6.07, 6.45) is 1.44. The van der Waals surface area contributed by atoms with Crippen molar-refractivity contribution < 1.29 is 19.1 Å². The topological polar surface area (TPSA) is 105 Å². The lowest BCUT2D eigenvalue weighted by Crippen LogP contribution is -2.54. The van der Waals surface area contributed by atoms with E-state index in [0.29, 0.717) is 61.8 Å². The highest BCUT2D eigenvalue weighted by molar-refractivity contribution is 6.30. The van der Waals surface area contributed by atoms with Crippen molar-refractivity contribution in [3.8, 4) is 0 Å². The average molecular weight is 457 g/mol. The van der Waals surface area contributed by atoms with Crippen LogP contribution in [0, 0.1) is 0 Å². The number of nitrogens with zero attached hydrogens (tertiary/aromatic N) is 2. The smallest absolute Gasteiger partial charge is 0.315 e. The zero-order valence-electron chi connectivity index (χ0n) is 17.6. The number of urea groups is 1. The van der Waals surface area contributed by atoms with E-state index in [9.17, 15) is 14.4 Å². The molecule has 9 heteroatoms. The monoisotopic (exact) mass is 456 g/mol. The molecular weight excluding hydrogens is 432 g/mol. The van der Waals surface area contributed by atoms with E-state index < -0.39 is 11.6 Å². The third kappa shape index (κ3) is 4.16. The first kappa shape index (κ1) is 22.1. The lowest BCUT2D eigenvalue weighted by Gasteiger charge is -2.36. The molecule has 2 aliphatic heterocycles. The largest absolute Gasteiger partial charge is 0.379 e. The number of benzene rings is 2. The maximum atomic E-state index is 13.5. The van der Waals surface area contributed by atoms with E-state index >= 15 is 0 Å². The Morgan fingerprint density at radius 1 is 1.03 bits per heavy atom. The van der Waals surface area contributed by atoms with E-state index in [0.717, 1.165) is 5.69 Å². The molecule has 4 amide bonds. The Balaban J connectivity index is 1.59. The number of halogens is 1. The standard InChI is InChI=1S/C23H25ClN4O4/c24-17-4-2-16(3-5-17)23(11-1-12-28(23)22(25)31)21(30)26-18-6-8-19(9-7-18)27-13-15-32-14-10-20(27)29/h2-9H,1,10-15H2,(H2,25,31)(H,26,30)/t23-/m1/s1. The van der Waals surface area contributed by atoms with Crippen LogP contribution in [0.3, 0.4) is 0 Å². The van der Waals surface area contributed by atoms with Crippen molar-refractivity contribution in [2.24, 2.45) is 5.73 Å². The Morgan fingerprint density at radius 2 is 1.75 bits per heavy atom. The van der Waals surface area contributed by atoms with Crippen LogP contribution in [0.2, 0.25) is 5.02 Å². The minimum Gasteiger partial charge on any atom is -0.379 e. The number of ether oxygens (including phenoxy) is 1. The summed E-state index contributed by atoms with van der Waals surface area (Å²) in [4.78, 5) is 41.1. The second-order valence-electron chi connectivity index (χ2n) is 7.87. The molecule has 0 aromatic heterocycles. The summed E-state index contributed by atoms with van der Waals surface area (Å²) in [5.41, 5.74) is 6.37. The number of primary amides is 1. The Morgan fingerprint density at radius 3 is 2.44 bits per heavy atom. The lowest BCUT2D eigenvalue weighted by atomic mass is 9.86. The van der Waals surface area contributed by atoms with Crippen LogP contribution in [0.15, 0.2) is 48.5 Å². The van der Waals surface area contributed by atoms with E-state index in [-0.39, 0.29) is 11.8 Å². The number of rotatable bonds is 4. The minimum atomic E-state index is -1.22. The molecule has 8 nitrogen and oxygen atoms in total. The fourth-order valence-corrected chi connectivity index (χ4v) is 4.55. The molecule has 1 atom stereocenters. The molecule has 0 bridgehead atoms.